The minimum Gasteiger partial charge on any atom is -0.481 e. The molecule has 1 aliphatic carbocycles. The van der Waals surface area contributed by atoms with Crippen molar-refractivity contribution in [3.05, 3.63) is 101 Å². The molecule has 0 unspecified atom stereocenters. The molecule has 0 heterocycles. The Balaban J connectivity index is 1.80. The van der Waals surface area contributed by atoms with Crippen molar-refractivity contribution < 1.29 is 19.5 Å². The van der Waals surface area contributed by atoms with Crippen LogP contribution in [-0.4, -0.2) is 22.6 Å². The summed E-state index contributed by atoms with van der Waals surface area (Å²) in [5, 5.41) is 12.1. The minimum atomic E-state index is -1.54. The molecule has 28 heavy (non-hydrogen) atoms. The van der Waals surface area contributed by atoms with Crippen LogP contribution in [0.2, 0.25) is 0 Å². The Hall–Kier alpha value is -3.73. The van der Waals surface area contributed by atoms with Gasteiger partial charge in [0.05, 0.1) is 6.42 Å². The third kappa shape index (κ3) is 2.77. The van der Waals surface area contributed by atoms with Gasteiger partial charge >= 0.3 is 5.97 Å². The Morgan fingerprint density at radius 1 is 0.786 bits per heavy atom. The van der Waals surface area contributed by atoms with Crippen molar-refractivity contribution in [1.82, 2.24) is 0 Å². The summed E-state index contributed by atoms with van der Waals surface area (Å²) in [7, 11) is 0. The first-order valence-electron chi connectivity index (χ1n) is 8.85. The lowest BCUT2D eigenvalue weighted by atomic mass is 9.84. The number of ketones is 2. The summed E-state index contributed by atoms with van der Waals surface area (Å²) in [5.41, 5.74) is 1.01. The smallest absolute Gasteiger partial charge is 0.307 e. The maximum Gasteiger partial charge on any atom is 0.307 e. The molecule has 0 amide bonds. The number of carboxylic acid groups (broad SMARTS) is 1. The number of Topliss-reactive ketones (excluding diaryl/α,β-unsaturated/α-hetero) is 2. The Labute approximate surface area is 161 Å². The highest BCUT2D eigenvalue weighted by Crippen LogP contribution is 2.40. The molecule has 0 aliphatic heterocycles. The lowest BCUT2D eigenvalue weighted by Gasteiger charge is -2.29. The number of aliphatic carboxylic acids is 1. The Kier molecular flexibility index (Phi) is 4.28. The summed E-state index contributed by atoms with van der Waals surface area (Å²) in [6, 6.07) is 22.5. The third-order valence-electron chi connectivity index (χ3n) is 4.95. The van der Waals surface area contributed by atoms with Gasteiger partial charge in [0.2, 0.25) is 11.6 Å². The predicted octanol–water partition coefficient (Wildman–Crippen LogP) is 3.70. The molecular weight excluding hydrogens is 354 g/mol. The van der Waals surface area contributed by atoms with Crippen LogP contribution in [0.4, 0.5) is 5.69 Å². The van der Waals surface area contributed by atoms with Crippen molar-refractivity contribution in [2.75, 3.05) is 5.32 Å². The van der Waals surface area contributed by atoms with Crippen LogP contribution in [0.5, 0.6) is 0 Å². The van der Waals surface area contributed by atoms with E-state index in [-0.39, 0.29) is 18.0 Å². The number of carbonyl (C=O) groups excluding carboxylic acids is 2. The molecule has 0 aromatic heterocycles. The van der Waals surface area contributed by atoms with Gasteiger partial charge in [0.15, 0.2) is 5.54 Å². The van der Waals surface area contributed by atoms with Crippen LogP contribution in [0.15, 0.2) is 78.9 Å². The van der Waals surface area contributed by atoms with Crippen LogP contribution in [0, 0.1) is 0 Å². The zero-order valence-corrected chi connectivity index (χ0v) is 14.9. The molecule has 0 saturated carbocycles. The Bertz CT molecular complexity index is 1040. The molecule has 0 radical (unpaired) electrons. The Morgan fingerprint density at radius 2 is 1.32 bits per heavy atom. The number of carbonyl (C=O) groups is 3. The van der Waals surface area contributed by atoms with Crippen LogP contribution in [0.3, 0.4) is 0 Å². The quantitative estimate of drug-likeness (QED) is 0.668. The zero-order valence-electron chi connectivity index (χ0n) is 14.9. The molecule has 5 heteroatoms. The molecule has 2 N–H and O–H groups in total. The summed E-state index contributed by atoms with van der Waals surface area (Å²) in [4.78, 5) is 37.6. The van der Waals surface area contributed by atoms with Crippen LogP contribution < -0.4 is 5.32 Å². The first-order valence-corrected chi connectivity index (χ1v) is 8.85. The summed E-state index contributed by atoms with van der Waals surface area (Å²) in [5.74, 6) is -1.51. The third-order valence-corrected chi connectivity index (χ3v) is 4.95. The van der Waals surface area contributed by atoms with E-state index in [9.17, 15) is 14.4 Å². The van der Waals surface area contributed by atoms with E-state index in [2.05, 4.69) is 5.32 Å². The molecule has 0 atom stereocenters. The van der Waals surface area contributed by atoms with E-state index in [1.165, 1.54) is 0 Å². The number of anilines is 1. The van der Waals surface area contributed by atoms with Crippen LogP contribution in [0.25, 0.3) is 0 Å². The van der Waals surface area contributed by atoms with E-state index in [1.807, 2.05) is 6.07 Å². The van der Waals surface area contributed by atoms with E-state index in [0.29, 0.717) is 27.9 Å². The monoisotopic (exact) mass is 371 g/mol. The Morgan fingerprint density at radius 3 is 1.86 bits per heavy atom. The molecular formula is C23H17NO4. The van der Waals surface area contributed by atoms with Gasteiger partial charge < -0.3 is 10.4 Å². The average Bonchev–Trinajstić information content (AvgIpc) is 2.93. The van der Waals surface area contributed by atoms with E-state index in [1.54, 1.807) is 72.8 Å². The standard InChI is InChI=1S/C23H17NO4/c25-20(26)14-15-10-12-17(13-11-15)24-23(16-6-2-1-3-7-16)21(27)18-8-4-5-9-19(18)22(23)28/h1-13,24H,14H2,(H,25,26). The molecule has 3 aromatic rings. The van der Waals surface area contributed by atoms with Crippen molar-refractivity contribution in [2.45, 2.75) is 12.0 Å². The summed E-state index contributed by atoms with van der Waals surface area (Å²) >= 11 is 0. The van der Waals surface area contributed by atoms with E-state index in [0.717, 1.165) is 0 Å². The van der Waals surface area contributed by atoms with Gasteiger partial charge in [-0.05, 0) is 23.3 Å². The fourth-order valence-corrected chi connectivity index (χ4v) is 3.62. The number of fused-ring (bicyclic) bond motifs is 1. The fraction of sp³-hybridized carbons (Fsp3) is 0.0870. The normalized spacial score (nSPS) is 14.6. The van der Waals surface area contributed by atoms with Crippen LogP contribution in [-0.2, 0) is 16.8 Å². The number of benzene rings is 3. The number of hydrogen-bond donors (Lipinski definition) is 2. The predicted molar refractivity (Wildman–Crippen MR) is 105 cm³/mol. The molecule has 3 aromatic carbocycles. The lowest BCUT2D eigenvalue weighted by Crippen LogP contribution is -2.46. The highest BCUT2D eigenvalue weighted by Gasteiger charge is 2.54. The number of hydrogen-bond acceptors (Lipinski definition) is 4. The maximum atomic E-state index is 13.4. The maximum absolute atomic E-state index is 13.4. The van der Waals surface area contributed by atoms with E-state index in [4.69, 9.17) is 5.11 Å². The van der Waals surface area contributed by atoms with E-state index >= 15 is 0 Å². The number of rotatable bonds is 5. The van der Waals surface area contributed by atoms with Gasteiger partial charge in [-0.3, -0.25) is 14.4 Å². The zero-order chi connectivity index (χ0) is 19.7. The van der Waals surface area contributed by atoms with Gasteiger partial charge in [0.25, 0.3) is 0 Å². The second kappa shape index (κ2) is 6.78. The lowest BCUT2D eigenvalue weighted by molar-refractivity contribution is -0.136. The number of nitrogens with one attached hydrogen (secondary N) is 1. The van der Waals surface area contributed by atoms with Crippen molar-refractivity contribution in [3.8, 4) is 0 Å². The second-order valence-electron chi connectivity index (χ2n) is 6.71. The first kappa shape index (κ1) is 17.7. The van der Waals surface area contributed by atoms with Crippen molar-refractivity contribution in [1.29, 1.82) is 0 Å². The van der Waals surface area contributed by atoms with E-state index < -0.39 is 11.5 Å². The van der Waals surface area contributed by atoms with Gasteiger partial charge in [0.1, 0.15) is 0 Å². The summed E-state index contributed by atoms with van der Waals surface area (Å²) in [6.45, 7) is 0. The molecule has 0 bridgehead atoms. The summed E-state index contributed by atoms with van der Waals surface area (Å²) < 4.78 is 0. The van der Waals surface area contributed by atoms with Crippen molar-refractivity contribution in [2.24, 2.45) is 0 Å². The van der Waals surface area contributed by atoms with Gasteiger partial charge in [-0.2, -0.15) is 0 Å². The van der Waals surface area contributed by atoms with Crippen molar-refractivity contribution >= 4 is 23.2 Å². The average molecular weight is 371 g/mol. The second-order valence-corrected chi connectivity index (χ2v) is 6.71. The molecule has 1 aliphatic rings. The highest BCUT2D eigenvalue weighted by molar-refractivity contribution is 6.34. The van der Waals surface area contributed by atoms with Gasteiger partial charge in [0, 0.05) is 16.8 Å². The molecule has 0 spiro atoms. The van der Waals surface area contributed by atoms with Crippen molar-refractivity contribution in [3.63, 3.8) is 0 Å². The number of carboxylic acids is 1. The molecule has 5 nitrogen and oxygen atoms in total. The minimum absolute atomic E-state index is 0.0899. The SMILES string of the molecule is O=C(O)Cc1ccc(NC2(c3ccccc3)C(=O)c3ccccc3C2=O)cc1. The molecule has 0 fully saturated rings. The van der Waals surface area contributed by atoms with Crippen LogP contribution >= 0.6 is 0 Å². The van der Waals surface area contributed by atoms with Gasteiger partial charge in [-0.1, -0.05) is 66.7 Å². The van der Waals surface area contributed by atoms with Crippen LogP contribution in [0.1, 0.15) is 31.8 Å². The fourth-order valence-electron chi connectivity index (χ4n) is 3.62. The highest BCUT2D eigenvalue weighted by atomic mass is 16.4. The molecule has 0 saturated heterocycles. The molecule has 4 rings (SSSR count). The van der Waals surface area contributed by atoms with Gasteiger partial charge in [-0.15, -0.1) is 0 Å². The summed E-state index contributed by atoms with van der Waals surface area (Å²) in [6.07, 6.45) is -0.0899. The largest absolute Gasteiger partial charge is 0.481 e. The molecule has 138 valence electrons. The van der Waals surface area contributed by atoms with Gasteiger partial charge in [-0.25, -0.2) is 0 Å². The topological polar surface area (TPSA) is 83.5 Å². The first-order chi connectivity index (χ1) is 13.5.